The molecule has 0 aliphatic carbocycles. The zero-order valence-electron chi connectivity index (χ0n) is 17.8. The predicted molar refractivity (Wildman–Crippen MR) is 119 cm³/mol. The van der Waals surface area contributed by atoms with Crippen molar-refractivity contribution < 1.29 is 17.9 Å². The van der Waals surface area contributed by atoms with Gasteiger partial charge in [-0.2, -0.15) is 9.40 Å². The number of sulfonamides is 1. The Morgan fingerprint density at radius 3 is 2.45 bits per heavy atom. The number of hydrogen-bond acceptors (Lipinski definition) is 5. The van der Waals surface area contributed by atoms with Gasteiger partial charge in [0.15, 0.2) is 0 Å². The van der Waals surface area contributed by atoms with Gasteiger partial charge in [-0.3, -0.25) is 4.79 Å². The van der Waals surface area contributed by atoms with Gasteiger partial charge >= 0.3 is 0 Å². The molecular formula is C22H26N4O4S. The number of nitrogens with one attached hydrogen (secondary N) is 1. The van der Waals surface area contributed by atoms with E-state index >= 15 is 0 Å². The quantitative estimate of drug-likeness (QED) is 0.547. The van der Waals surface area contributed by atoms with E-state index in [9.17, 15) is 13.2 Å². The monoisotopic (exact) mass is 442 g/mol. The first-order valence-corrected chi connectivity index (χ1v) is 11.5. The molecule has 0 radical (unpaired) electrons. The van der Waals surface area contributed by atoms with Crippen molar-refractivity contribution in [2.24, 2.45) is 0 Å². The number of aromatic nitrogens is 2. The maximum Gasteiger partial charge on any atom is 0.258 e. The highest BCUT2D eigenvalue weighted by atomic mass is 32.2. The molecule has 1 heterocycles. The van der Waals surface area contributed by atoms with Crippen LogP contribution in [0.4, 0.5) is 5.69 Å². The molecule has 0 saturated heterocycles. The summed E-state index contributed by atoms with van der Waals surface area (Å²) in [4.78, 5) is 12.9. The van der Waals surface area contributed by atoms with Crippen molar-refractivity contribution in [1.29, 1.82) is 0 Å². The van der Waals surface area contributed by atoms with Crippen molar-refractivity contribution in [2.45, 2.75) is 25.7 Å². The van der Waals surface area contributed by atoms with Crippen molar-refractivity contribution in [1.82, 2.24) is 14.1 Å². The first-order valence-electron chi connectivity index (χ1n) is 10.1. The molecule has 1 amide bonds. The summed E-state index contributed by atoms with van der Waals surface area (Å²) in [6, 6.07) is 13.9. The average molecular weight is 443 g/mol. The Labute approximate surface area is 182 Å². The van der Waals surface area contributed by atoms with Gasteiger partial charge in [0.2, 0.25) is 10.0 Å². The summed E-state index contributed by atoms with van der Waals surface area (Å²) in [5.41, 5.74) is 1.44. The number of benzene rings is 2. The van der Waals surface area contributed by atoms with Crippen molar-refractivity contribution in [2.75, 3.05) is 25.0 Å². The van der Waals surface area contributed by atoms with Crippen molar-refractivity contribution >= 4 is 21.6 Å². The minimum atomic E-state index is -3.68. The van der Waals surface area contributed by atoms with E-state index in [4.69, 9.17) is 4.74 Å². The number of anilines is 1. The number of ether oxygens (including phenoxy) is 1. The number of amides is 1. The third kappa shape index (κ3) is 4.95. The second-order valence-corrected chi connectivity index (χ2v) is 8.58. The second kappa shape index (κ2) is 9.76. The van der Waals surface area contributed by atoms with Crippen LogP contribution in [0.5, 0.6) is 5.75 Å². The van der Waals surface area contributed by atoms with Crippen molar-refractivity contribution in [3.8, 4) is 11.4 Å². The Morgan fingerprint density at radius 2 is 1.81 bits per heavy atom. The van der Waals surface area contributed by atoms with Gasteiger partial charge in [0.25, 0.3) is 5.91 Å². The standard InChI is InChI=1S/C22H26N4O4S/c1-4-25(5-2)31(28,29)19-12-13-21(30-6-3)20(14-19)24-22(27)17-15-23-26(16-17)18-10-8-7-9-11-18/h7-16H,4-6H2,1-3H3,(H,24,27). The van der Waals surface area contributed by atoms with E-state index in [0.717, 1.165) is 5.69 Å². The van der Waals surface area contributed by atoms with Gasteiger partial charge in [-0.15, -0.1) is 0 Å². The van der Waals surface area contributed by atoms with Crippen LogP contribution >= 0.6 is 0 Å². The van der Waals surface area contributed by atoms with E-state index in [0.29, 0.717) is 31.0 Å². The normalized spacial score (nSPS) is 11.5. The fraction of sp³-hybridized carbons (Fsp3) is 0.273. The highest BCUT2D eigenvalue weighted by Gasteiger charge is 2.23. The molecule has 164 valence electrons. The zero-order chi connectivity index (χ0) is 22.4. The summed E-state index contributed by atoms with van der Waals surface area (Å²) in [5.74, 6) is -0.0229. The minimum absolute atomic E-state index is 0.0925. The Kier molecular flexibility index (Phi) is 7.09. The minimum Gasteiger partial charge on any atom is -0.492 e. The molecule has 3 rings (SSSR count). The molecule has 0 saturated carbocycles. The van der Waals surface area contributed by atoms with Crippen LogP contribution < -0.4 is 10.1 Å². The van der Waals surface area contributed by atoms with E-state index in [1.54, 1.807) is 30.8 Å². The topological polar surface area (TPSA) is 93.5 Å². The number of carbonyl (C=O) groups is 1. The molecular weight excluding hydrogens is 416 g/mol. The van der Waals surface area contributed by atoms with Crippen LogP contribution in [0.1, 0.15) is 31.1 Å². The number of para-hydroxylation sites is 1. The lowest BCUT2D eigenvalue weighted by atomic mass is 10.2. The third-order valence-corrected chi connectivity index (χ3v) is 6.75. The van der Waals surface area contributed by atoms with Gasteiger partial charge in [-0.05, 0) is 37.3 Å². The Bertz CT molecular complexity index is 1140. The zero-order valence-corrected chi connectivity index (χ0v) is 18.6. The maximum atomic E-state index is 12.9. The van der Waals surface area contributed by atoms with Crippen molar-refractivity contribution in [3.05, 3.63) is 66.5 Å². The van der Waals surface area contributed by atoms with Gasteiger partial charge in [0.05, 0.1) is 34.6 Å². The molecule has 1 aromatic heterocycles. The summed E-state index contributed by atoms with van der Waals surface area (Å²) >= 11 is 0. The Balaban J connectivity index is 1.91. The highest BCUT2D eigenvalue weighted by molar-refractivity contribution is 7.89. The molecule has 2 aromatic carbocycles. The largest absolute Gasteiger partial charge is 0.492 e. The fourth-order valence-corrected chi connectivity index (χ4v) is 4.60. The second-order valence-electron chi connectivity index (χ2n) is 6.64. The smallest absolute Gasteiger partial charge is 0.258 e. The SMILES string of the molecule is CCOc1ccc(S(=O)(=O)N(CC)CC)cc1NC(=O)c1cnn(-c2ccccc2)c1. The maximum absolute atomic E-state index is 12.9. The molecule has 8 nitrogen and oxygen atoms in total. The lowest BCUT2D eigenvalue weighted by molar-refractivity contribution is 0.102. The van der Waals surface area contributed by atoms with Gasteiger partial charge in [-0.1, -0.05) is 32.0 Å². The summed E-state index contributed by atoms with van der Waals surface area (Å²) in [5, 5.41) is 7.00. The van der Waals surface area contributed by atoms with Gasteiger partial charge in [-0.25, -0.2) is 13.1 Å². The summed E-state index contributed by atoms with van der Waals surface area (Å²) in [6.07, 6.45) is 3.07. The molecule has 0 aliphatic heterocycles. The molecule has 0 aliphatic rings. The molecule has 0 fully saturated rings. The first kappa shape index (κ1) is 22.5. The van der Waals surface area contributed by atoms with Crippen LogP contribution in [0.15, 0.2) is 65.8 Å². The molecule has 3 aromatic rings. The lowest BCUT2D eigenvalue weighted by Crippen LogP contribution is -2.30. The average Bonchev–Trinajstić information content (AvgIpc) is 3.27. The van der Waals surface area contributed by atoms with Crippen LogP contribution in [-0.4, -0.2) is 48.1 Å². The highest BCUT2D eigenvalue weighted by Crippen LogP contribution is 2.30. The van der Waals surface area contributed by atoms with Crippen LogP contribution in [0.2, 0.25) is 0 Å². The molecule has 1 N–H and O–H groups in total. The molecule has 0 unspecified atom stereocenters. The van der Waals surface area contributed by atoms with E-state index in [2.05, 4.69) is 10.4 Å². The van der Waals surface area contributed by atoms with Crippen LogP contribution in [-0.2, 0) is 10.0 Å². The Hall–Kier alpha value is -3.17. The van der Waals surface area contributed by atoms with Gasteiger partial charge in [0, 0.05) is 19.3 Å². The molecule has 0 atom stereocenters. The summed E-state index contributed by atoms with van der Waals surface area (Å²) in [7, 11) is -3.68. The summed E-state index contributed by atoms with van der Waals surface area (Å²) in [6.45, 7) is 6.46. The molecule has 9 heteroatoms. The molecule has 31 heavy (non-hydrogen) atoms. The third-order valence-electron chi connectivity index (χ3n) is 4.71. The number of carbonyl (C=O) groups excluding carboxylic acids is 1. The lowest BCUT2D eigenvalue weighted by Gasteiger charge is -2.20. The first-order chi connectivity index (χ1) is 14.9. The van der Waals surface area contributed by atoms with Gasteiger partial charge in [0.1, 0.15) is 5.75 Å². The molecule has 0 bridgehead atoms. The molecule has 0 spiro atoms. The number of nitrogens with zero attached hydrogens (tertiary/aromatic N) is 3. The number of rotatable bonds is 9. The van der Waals surface area contributed by atoms with Crippen LogP contribution in [0.3, 0.4) is 0 Å². The Morgan fingerprint density at radius 1 is 1.10 bits per heavy atom. The summed E-state index contributed by atoms with van der Waals surface area (Å²) < 4.78 is 34.3. The van der Waals surface area contributed by atoms with E-state index in [-0.39, 0.29) is 10.6 Å². The van der Waals surface area contributed by atoms with E-state index in [1.165, 1.54) is 22.6 Å². The predicted octanol–water partition coefficient (Wildman–Crippen LogP) is 3.55. The van der Waals surface area contributed by atoms with Crippen molar-refractivity contribution in [3.63, 3.8) is 0 Å². The van der Waals surface area contributed by atoms with Gasteiger partial charge < -0.3 is 10.1 Å². The number of hydrogen-bond donors (Lipinski definition) is 1. The van der Waals surface area contributed by atoms with E-state index in [1.807, 2.05) is 37.3 Å². The van der Waals surface area contributed by atoms with E-state index < -0.39 is 15.9 Å². The fourth-order valence-electron chi connectivity index (χ4n) is 3.12. The van der Waals surface area contributed by atoms with Crippen LogP contribution in [0, 0.1) is 0 Å². The van der Waals surface area contributed by atoms with Crippen LogP contribution in [0.25, 0.3) is 5.69 Å².